The molecule has 82 valence electrons. The van der Waals surface area contributed by atoms with Gasteiger partial charge in [-0.2, -0.15) is 5.26 Å². The first-order chi connectivity index (χ1) is 7.69. The Hall–Kier alpha value is -1.59. The Morgan fingerprint density at radius 2 is 2.38 bits per heavy atom. The average Bonchev–Trinajstić information content (AvgIpc) is 2.29. The summed E-state index contributed by atoms with van der Waals surface area (Å²) in [6.45, 7) is 3.69. The van der Waals surface area contributed by atoms with Crippen LogP contribution in [0, 0.1) is 11.3 Å². The lowest BCUT2D eigenvalue weighted by atomic mass is 9.77. The highest BCUT2D eigenvalue weighted by atomic mass is 16.3. The van der Waals surface area contributed by atoms with Gasteiger partial charge in [0.15, 0.2) is 0 Å². The number of hydrogen-bond acceptors (Lipinski definition) is 2. The summed E-state index contributed by atoms with van der Waals surface area (Å²) in [4.78, 5) is 0. The van der Waals surface area contributed by atoms with Crippen LogP contribution in [0.1, 0.15) is 36.0 Å². The Labute approximate surface area is 95.8 Å². The van der Waals surface area contributed by atoms with Crippen molar-refractivity contribution in [3.05, 3.63) is 47.5 Å². The predicted octanol–water partition coefficient (Wildman–Crippen LogP) is 2.66. The zero-order chi connectivity index (χ0) is 11.6. The van der Waals surface area contributed by atoms with Gasteiger partial charge in [0.2, 0.25) is 0 Å². The average molecular weight is 213 g/mol. The first-order valence-corrected chi connectivity index (χ1v) is 5.56. The highest BCUT2D eigenvalue weighted by Crippen LogP contribution is 2.38. The molecule has 1 unspecified atom stereocenters. The van der Waals surface area contributed by atoms with Gasteiger partial charge in [-0.15, -0.1) is 6.58 Å². The van der Waals surface area contributed by atoms with Gasteiger partial charge in [0.1, 0.15) is 0 Å². The summed E-state index contributed by atoms with van der Waals surface area (Å²) >= 11 is 0. The van der Waals surface area contributed by atoms with Crippen LogP contribution in [-0.4, -0.2) is 5.11 Å². The molecule has 1 aromatic carbocycles. The lowest BCUT2D eigenvalue weighted by molar-refractivity contribution is 0.0218. The Morgan fingerprint density at radius 1 is 1.56 bits per heavy atom. The summed E-state index contributed by atoms with van der Waals surface area (Å²) < 4.78 is 0. The fourth-order valence-electron chi connectivity index (χ4n) is 2.48. The molecular weight excluding hydrogens is 198 g/mol. The molecule has 0 bridgehead atoms. The minimum atomic E-state index is -0.774. The van der Waals surface area contributed by atoms with Gasteiger partial charge in [0.25, 0.3) is 0 Å². The van der Waals surface area contributed by atoms with Crippen LogP contribution in [0.15, 0.2) is 30.9 Å². The van der Waals surface area contributed by atoms with E-state index in [2.05, 4.69) is 12.6 Å². The van der Waals surface area contributed by atoms with Crippen molar-refractivity contribution in [3.8, 4) is 6.07 Å². The van der Waals surface area contributed by atoms with Crippen molar-refractivity contribution in [1.82, 2.24) is 0 Å². The molecule has 0 fully saturated rings. The van der Waals surface area contributed by atoms with Crippen LogP contribution in [0.4, 0.5) is 0 Å². The summed E-state index contributed by atoms with van der Waals surface area (Å²) in [6, 6.07) is 7.69. The third-order valence-electron chi connectivity index (χ3n) is 3.25. The van der Waals surface area contributed by atoms with E-state index in [1.807, 2.05) is 12.1 Å². The monoisotopic (exact) mass is 213 g/mol. The highest BCUT2D eigenvalue weighted by Gasteiger charge is 2.32. The van der Waals surface area contributed by atoms with Gasteiger partial charge in [-0.1, -0.05) is 12.1 Å². The topological polar surface area (TPSA) is 44.0 Å². The molecule has 1 atom stereocenters. The number of hydrogen-bond donors (Lipinski definition) is 1. The zero-order valence-electron chi connectivity index (χ0n) is 9.24. The van der Waals surface area contributed by atoms with E-state index in [0.29, 0.717) is 12.0 Å². The molecule has 0 heterocycles. The summed E-state index contributed by atoms with van der Waals surface area (Å²) in [5.74, 6) is 0. The molecule has 1 aliphatic rings. The molecule has 1 aromatic rings. The molecule has 0 amide bonds. The zero-order valence-corrected chi connectivity index (χ0v) is 9.24. The molecule has 0 radical (unpaired) electrons. The molecule has 0 saturated carbocycles. The lowest BCUT2D eigenvalue weighted by Gasteiger charge is -2.33. The Kier molecular flexibility index (Phi) is 2.80. The van der Waals surface area contributed by atoms with Crippen molar-refractivity contribution in [2.75, 3.05) is 0 Å². The minimum Gasteiger partial charge on any atom is -0.385 e. The smallest absolute Gasteiger partial charge is 0.0991 e. The number of nitrogens with zero attached hydrogens (tertiary/aromatic N) is 1. The molecule has 0 aliphatic heterocycles. The first kappa shape index (κ1) is 10.9. The summed E-state index contributed by atoms with van der Waals surface area (Å²) in [5, 5.41) is 19.4. The maximum absolute atomic E-state index is 10.5. The van der Waals surface area contributed by atoms with Crippen LogP contribution >= 0.6 is 0 Å². The van der Waals surface area contributed by atoms with Crippen molar-refractivity contribution in [3.63, 3.8) is 0 Å². The van der Waals surface area contributed by atoms with Crippen LogP contribution < -0.4 is 0 Å². The van der Waals surface area contributed by atoms with Crippen LogP contribution in [0.3, 0.4) is 0 Å². The molecule has 2 nitrogen and oxygen atoms in total. The predicted molar refractivity (Wildman–Crippen MR) is 62.8 cm³/mol. The number of nitriles is 1. The van der Waals surface area contributed by atoms with Crippen LogP contribution in [0.2, 0.25) is 0 Å². The quantitative estimate of drug-likeness (QED) is 0.767. The van der Waals surface area contributed by atoms with E-state index >= 15 is 0 Å². The second-order valence-corrected chi connectivity index (χ2v) is 4.36. The van der Waals surface area contributed by atoms with Crippen LogP contribution in [0.5, 0.6) is 0 Å². The van der Waals surface area contributed by atoms with E-state index in [9.17, 15) is 5.11 Å². The van der Waals surface area contributed by atoms with E-state index in [4.69, 9.17) is 5.26 Å². The molecule has 16 heavy (non-hydrogen) atoms. The van der Waals surface area contributed by atoms with Gasteiger partial charge in [0.05, 0.1) is 17.2 Å². The minimum absolute atomic E-state index is 0.575. The fourth-order valence-corrected chi connectivity index (χ4v) is 2.48. The van der Waals surface area contributed by atoms with Gasteiger partial charge in [-0.25, -0.2) is 0 Å². The number of rotatable bonds is 2. The van der Waals surface area contributed by atoms with Crippen LogP contribution in [0.25, 0.3) is 0 Å². The summed E-state index contributed by atoms with van der Waals surface area (Å²) in [6.07, 6.45) is 5.02. The largest absolute Gasteiger partial charge is 0.385 e. The number of fused-ring (bicyclic) bond motifs is 1. The number of benzene rings is 1. The van der Waals surface area contributed by atoms with Crippen LogP contribution in [-0.2, 0) is 12.0 Å². The normalized spacial score (nSPS) is 23.2. The highest BCUT2D eigenvalue weighted by molar-refractivity contribution is 5.42. The van der Waals surface area contributed by atoms with Crippen molar-refractivity contribution in [2.45, 2.75) is 31.3 Å². The van der Waals surface area contributed by atoms with Gasteiger partial charge >= 0.3 is 0 Å². The van der Waals surface area contributed by atoms with E-state index in [1.165, 1.54) is 0 Å². The maximum Gasteiger partial charge on any atom is 0.0991 e. The van der Waals surface area contributed by atoms with Crippen molar-refractivity contribution in [1.29, 1.82) is 5.26 Å². The van der Waals surface area contributed by atoms with Gasteiger partial charge < -0.3 is 5.11 Å². The Morgan fingerprint density at radius 3 is 3.06 bits per heavy atom. The maximum atomic E-state index is 10.5. The van der Waals surface area contributed by atoms with Gasteiger partial charge in [-0.3, -0.25) is 0 Å². The molecular formula is C14H15NO. The lowest BCUT2D eigenvalue weighted by Crippen LogP contribution is -2.30. The molecule has 2 heteroatoms. The molecule has 0 spiro atoms. The number of aryl methyl sites for hydroxylation is 1. The molecule has 1 aliphatic carbocycles. The molecule has 0 saturated heterocycles. The molecule has 0 aromatic heterocycles. The SMILES string of the molecule is C=CCC1(O)CCCc2cc(C#N)ccc21. The van der Waals surface area contributed by atoms with Crippen molar-refractivity contribution < 1.29 is 5.11 Å². The Balaban J connectivity index is 2.48. The fraction of sp³-hybridized carbons (Fsp3) is 0.357. The molecule has 2 rings (SSSR count). The van der Waals surface area contributed by atoms with Gasteiger partial charge in [-0.05, 0) is 48.9 Å². The van der Waals surface area contributed by atoms with Gasteiger partial charge in [0, 0.05) is 0 Å². The van der Waals surface area contributed by atoms with E-state index in [-0.39, 0.29) is 0 Å². The first-order valence-electron chi connectivity index (χ1n) is 5.56. The third-order valence-corrected chi connectivity index (χ3v) is 3.25. The summed E-state index contributed by atoms with van der Waals surface area (Å²) in [5.41, 5.74) is 1.97. The standard InChI is InChI=1S/C14H15NO/c1-2-7-14(16)8-3-4-12-9-11(10-15)5-6-13(12)14/h2,5-6,9,16H,1,3-4,7-8H2. The second kappa shape index (κ2) is 4.11. The second-order valence-electron chi connectivity index (χ2n) is 4.36. The molecule has 1 N–H and O–H groups in total. The van der Waals surface area contributed by atoms with Crippen molar-refractivity contribution >= 4 is 0 Å². The Bertz CT molecular complexity index is 458. The van der Waals surface area contributed by atoms with E-state index in [1.54, 1.807) is 12.1 Å². The summed E-state index contributed by atoms with van der Waals surface area (Å²) in [7, 11) is 0. The third kappa shape index (κ3) is 1.75. The van der Waals surface area contributed by atoms with E-state index in [0.717, 1.165) is 30.4 Å². The van der Waals surface area contributed by atoms with E-state index < -0.39 is 5.60 Å². The number of aliphatic hydroxyl groups is 1. The van der Waals surface area contributed by atoms with Crippen molar-refractivity contribution in [2.24, 2.45) is 0 Å².